The van der Waals surface area contributed by atoms with Crippen molar-refractivity contribution in [3.8, 4) is 0 Å². The average Bonchev–Trinajstić information content (AvgIpc) is 3.04. The third-order valence-electron chi connectivity index (χ3n) is 7.09. The van der Waals surface area contributed by atoms with Crippen LogP contribution in [-0.4, -0.2) is 53.8 Å². The van der Waals surface area contributed by atoms with Gasteiger partial charge < -0.3 is 10.2 Å². The maximum atomic E-state index is 12.9. The van der Waals surface area contributed by atoms with Crippen molar-refractivity contribution in [2.45, 2.75) is 70.8 Å². The van der Waals surface area contributed by atoms with Crippen molar-refractivity contribution in [2.24, 2.45) is 5.92 Å². The van der Waals surface area contributed by atoms with E-state index in [1.807, 2.05) is 13.0 Å². The third-order valence-corrected chi connectivity index (χ3v) is 7.09. The van der Waals surface area contributed by atoms with Crippen LogP contribution in [0.2, 0.25) is 0 Å². The molecule has 3 aliphatic rings. The van der Waals surface area contributed by atoms with Gasteiger partial charge >= 0.3 is 0 Å². The highest BCUT2D eigenvalue weighted by atomic mass is 16.2. The summed E-state index contributed by atoms with van der Waals surface area (Å²) in [6.07, 6.45) is 10.0. The van der Waals surface area contributed by atoms with E-state index >= 15 is 0 Å². The van der Waals surface area contributed by atoms with Gasteiger partial charge in [-0.05, 0) is 88.2 Å². The molecular formula is C24H35N3O2. The number of hydrogen-bond donors (Lipinski definition) is 1. The van der Waals surface area contributed by atoms with Crippen molar-refractivity contribution in [3.05, 3.63) is 29.3 Å². The molecule has 29 heavy (non-hydrogen) atoms. The first kappa shape index (κ1) is 20.4. The van der Waals surface area contributed by atoms with Crippen LogP contribution >= 0.6 is 0 Å². The Kier molecular flexibility index (Phi) is 6.53. The Labute approximate surface area is 174 Å². The normalized spacial score (nSPS) is 22.0. The number of amides is 2. The lowest BCUT2D eigenvalue weighted by molar-refractivity contribution is -0.137. The number of piperidine rings is 1. The summed E-state index contributed by atoms with van der Waals surface area (Å²) in [6, 6.07) is 6.15. The molecule has 1 aromatic carbocycles. The van der Waals surface area contributed by atoms with Crippen molar-refractivity contribution in [3.63, 3.8) is 0 Å². The number of aryl methyl sites for hydroxylation is 2. The molecule has 1 aliphatic carbocycles. The number of carbonyl (C=O) groups is 2. The van der Waals surface area contributed by atoms with Crippen LogP contribution < -0.4 is 5.32 Å². The highest BCUT2D eigenvalue weighted by molar-refractivity contribution is 5.94. The molecule has 0 bridgehead atoms. The Balaban J connectivity index is 1.27. The maximum Gasteiger partial charge on any atom is 0.241 e. The van der Waals surface area contributed by atoms with E-state index in [2.05, 4.69) is 27.2 Å². The summed E-state index contributed by atoms with van der Waals surface area (Å²) in [7, 11) is 0. The molecule has 2 heterocycles. The van der Waals surface area contributed by atoms with Gasteiger partial charge in [0.05, 0.1) is 6.04 Å². The molecule has 2 saturated heterocycles. The molecular weight excluding hydrogens is 362 g/mol. The van der Waals surface area contributed by atoms with E-state index in [1.165, 1.54) is 30.4 Å². The second kappa shape index (κ2) is 9.29. The van der Waals surface area contributed by atoms with Gasteiger partial charge in [-0.15, -0.1) is 0 Å². The summed E-state index contributed by atoms with van der Waals surface area (Å²) in [5.74, 6) is 0.540. The molecule has 0 aromatic heterocycles. The Morgan fingerprint density at radius 2 is 1.62 bits per heavy atom. The Morgan fingerprint density at radius 1 is 0.931 bits per heavy atom. The van der Waals surface area contributed by atoms with Gasteiger partial charge in [-0.2, -0.15) is 0 Å². The topological polar surface area (TPSA) is 52.7 Å². The number of likely N-dealkylation sites (tertiary alicyclic amines) is 2. The van der Waals surface area contributed by atoms with Crippen LogP contribution in [0.15, 0.2) is 18.2 Å². The highest BCUT2D eigenvalue weighted by Crippen LogP contribution is 2.26. The SMILES string of the molecule is CC(C(=O)Nc1ccc2c(c1)CCC2)N1CCC(C(=O)N2CCCCCC2)CC1. The van der Waals surface area contributed by atoms with Crippen LogP contribution in [0.1, 0.15) is 63.0 Å². The van der Waals surface area contributed by atoms with Crippen LogP contribution in [0.4, 0.5) is 5.69 Å². The molecule has 0 saturated carbocycles. The fourth-order valence-electron chi connectivity index (χ4n) is 5.15. The van der Waals surface area contributed by atoms with Gasteiger partial charge in [0.1, 0.15) is 0 Å². The number of benzene rings is 1. The number of nitrogens with zero attached hydrogens (tertiary/aromatic N) is 2. The first-order valence-corrected chi connectivity index (χ1v) is 11.6. The third kappa shape index (κ3) is 4.82. The molecule has 1 N–H and O–H groups in total. The molecule has 0 spiro atoms. The summed E-state index contributed by atoms with van der Waals surface area (Å²) in [5.41, 5.74) is 3.71. The molecule has 5 nitrogen and oxygen atoms in total. The molecule has 1 unspecified atom stereocenters. The fraction of sp³-hybridized carbons (Fsp3) is 0.667. The molecule has 2 fully saturated rings. The minimum Gasteiger partial charge on any atom is -0.342 e. The van der Waals surface area contributed by atoms with Crippen molar-refractivity contribution >= 4 is 17.5 Å². The van der Waals surface area contributed by atoms with Gasteiger partial charge in [0.15, 0.2) is 0 Å². The Morgan fingerprint density at radius 3 is 2.34 bits per heavy atom. The summed E-state index contributed by atoms with van der Waals surface area (Å²) >= 11 is 0. The standard InChI is InChI=1S/C24H35N3O2/c1-18(23(28)25-22-10-9-19-7-6-8-21(19)17-22)26-15-11-20(12-16-26)24(29)27-13-4-2-3-5-14-27/h9-10,17-18,20H,2-8,11-16H2,1H3,(H,25,28). The number of hydrogen-bond acceptors (Lipinski definition) is 3. The van der Waals surface area contributed by atoms with Crippen LogP contribution in [-0.2, 0) is 22.4 Å². The van der Waals surface area contributed by atoms with Crippen molar-refractivity contribution in [1.82, 2.24) is 9.80 Å². The number of fused-ring (bicyclic) bond motifs is 1. The minimum atomic E-state index is -0.169. The van der Waals surface area contributed by atoms with E-state index < -0.39 is 0 Å². The smallest absolute Gasteiger partial charge is 0.241 e. The molecule has 2 amide bonds. The van der Waals surface area contributed by atoms with Crippen LogP contribution in [0.5, 0.6) is 0 Å². The van der Waals surface area contributed by atoms with Crippen LogP contribution in [0.3, 0.4) is 0 Å². The van der Waals surface area contributed by atoms with E-state index in [-0.39, 0.29) is 17.9 Å². The number of nitrogens with one attached hydrogen (secondary N) is 1. The predicted molar refractivity (Wildman–Crippen MR) is 116 cm³/mol. The zero-order chi connectivity index (χ0) is 20.2. The van der Waals surface area contributed by atoms with Crippen LogP contribution in [0, 0.1) is 5.92 Å². The summed E-state index contributed by atoms with van der Waals surface area (Å²) in [4.78, 5) is 30.0. The van der Waals surface area contributed by atoms with Gasteiger partial charge in [0.2, 0.25) is 11.8 Å². The highest BCUT2D eigenvalue weighted by Gasteiger charge is 2.32. The largest absolute Gasteiger partial charge is 0.342 e. The van der Waals surface area contributed by atoms with Crippen molar-refractivity contribution in [2.75, 3.05) is 31.5 Å². The summed E-state index contributed by atoms with van der Waals surface area (Å²) in [5, 5.41) is 3.11. The predicted octanol–water partition coefficient (Wildman–Crippen LogP) is 3.62. The first-order valence-electron chi connectivity index (χ1n) is 11.6. The maximum absolute atomic E-state index is 12.9. The average molecular weight is 398 g/mol. The van der Waals surface area contributed by atoms with E-state index in [0.717, 1.165) is 70.4 Å². The van der Waals surface area contributed by atoms with E-state index in [1.54, 1.807) is 0 Å². The van der Waals surface area contributed by atoms with Gasteiger partial charge in [-0.25, -0.2) is 0 Å². The van der Waals surface area contributed by atoms with Gasteiger partial charge in [0, 0.05) is 24.7 Å². The summed E-state index contributed by atoms with van der Waals surface area (Å²) in [6.45, 7) is 5.49. The number of rotatable bonds is 4. The number of anilines is 1. The van der Waals surface area contributed by atoms with E-state index in [0.29, 0.717) is 5.91 Å². The molecule has 5 heteroatoms. The Bertz CT molecular complexity index is 732. The van der Waals surface area contributed by atoms with E-state index in [9.17, 15) is 9.59 Å². The molecule has 158 valence electrons. The second-order valence-corrected chi connectivity index (χ2v) is 9.05. The molecule has 4 rings (SSSR count). The van der Waals surface area contributed by atoms with Crippen LogP contribution in [0.25, 0.3) is 0 Å². The van der Waals surface area contributed by atoms with Gasteiger partial charge in [-0.3, -0.25) is 14.5 Å². The molecule has 0 radical (unpaired) electrons. The fourth-order valence-corrected chi connectivity index (χ4v) is 5.15. The zero-order valence-corrected chi connectivity index (χ0v) is 17.8. The molecule has 2 aliphatic heterocycles. The van der Waals surface area contributed by atoms with Crippen molar-refractivity contribution in [1.29, 1.82) is 0 Å². The lowest BCUT2D eigenvalue weighted by Gasteiger charge is -2.36. The lowest BCUT2D eigenvalue weighted by atomic mass is 9.94. The van der Waals surface area contributed by atoms with Gasteiger partial charge in [0.25, 0.3) is 0 Å². The van der Waals surface area contributed by atoms with Gasteiger partial charge in [-0.1, -0.05) is 18.9 Å². The molecule has 1 atom stereocenters. The first-order chi connectivity index (χ1) is 14.1. The number of carbonyl (C=O) groups excluding carboxylic acids is 2. The minimum absolute atomic E-state index is 0.0558. The monoisotopic (exact) mass is 397 g/mol. The van der Waals surface area contributed by atoms with E-state index in [4.69, 9.17) is 0 Å². The lowest BCUT2D eigenvalue weighted by Crippen LogP contribution is -2.48. The second-order valence-electron chi connectivity index (χ2n) is 9.05. The van der Waals surface area contributed by atoms with Crippen molar-refractivity contribution < 1.29 is 9.59 Å². The quantitative estimate of drug-likeness (QED) is 0.844. The summed E-state index contributed by atoms with van der Waals surface area (Å²) < 4.78 is 0. The molecule has 1 aromatic rings. The Hall–Kier alpha value is -1.88. The zero-order valence-electron chi connectivity index (χ0n) is 17.8.